The van der Waals surface area contributed by atoms with Gasteiger partial charge in [-0.3, -0.25) is 9.59 Å². The molecule has 4 nitrogen and oxygen atoms in total. The molecule has 28 heavy (non-hydrogen) atoms. The van der Waals surface area contributed by atoms with E-state index in [1.165, 1.54) is 38.5 Å². The van der Waals surface area contributed by atoms with Crippen LogP contribution in [0.4, 0.5) is 0 Å². The molecule has 4 heteroatoms. The topological polar surface area (TPSA) is 52.6 Å². The van der Waals surface area contributed by atoms with E-state index >= 15 is 0 Å². The lowest BCUT2D eigenvalue weighted by atomic mass is 9.82. The maximum Gasteiger partial charge on any atom is 0.305 e. The summed E-state index contributed by atoms with van der Waals surface area (Å²) in [7, 11) is 0. The Kier molecular flexibility index (Phi) is 15.0. The molecule has 1 saturated carbocycles. The predicted octanol–water partition coefficient (Wildman–Crippen LogP) is 6.60. The van der Waals surface area contributed by atoms with Gasteiger partial charge in [0.2, 0.25) is 0 Å². The van der Waals surface area contributed by atoms with Gasteiger partial charge in [-0.1, -0.05) is 71.6 Å². The SMILES string of the molecule is CCCCCCCC(=O)OCC1CCCC(COC(=O)CCCCCCC)C1. The fourth-order valence-corrected chi connectivity index (χ4v) is 4.02. The van der Waals surface area contributed by atoms with Crippen molar-refractivity contribution in [2.45, 2.75) is 117 Å². The Labute approximate surface area is 173 Å². The third kappa shape index (κ3) is 13.2. The summed E-state index contributed by atoms with van der Waals surface area (Å²) >= 11 is 0. The van der Waals surface area contributed by atoms with Crippen molar-refractivity contribution in [1.29, 1.82) is 0 Å². The molecule has 0 heterocycles. The van der Waals surface area contributed by atoms with E-state index in [4.69, 9.17) is 9.47 Å². The molecule has 0 aromatic rings. The minimum atomic E-state index is -0.0480. The van der Waals surface area contributed by atoms with E-state index in [0.29, 0.717) is 37.9 Å². The van der Waals surface area contributed by atoms with E-state index < -0.39 is 0 Å². The first kappa shape index (κ1) is 25.0. The van der Waals surface area contributed by atoms with Crippen LogP contribution in [0.15, 0.2) is 0 Å². The number of esters is 2. The van der Waals surface area contributed by atoms with Crippen LogP contribution in [0.25, 0.3) is 0 Å². The minimum absolute atomic E-state index is 0.0480. The van der Waals surface area contributed by atoms with Crippen molar-refractivity contribution in [3.8, 4) is 0 Å². The molecule has 2 atom stereocenters. The highest BCUT2D eigenvalue weighted by Crippen LogP contribution is 2.29. The van der Waals surface area contributed by atoms with Crippen molar-refractivity contribution in [2.75, 3.05) is 13.2 Å². The van der Waals surface area contributed by atoms with Gasteiger partial charge in [-0.25, -0.2) is 0 Å². The van der Waals surface area contributed by atoms with Crippen molar-refractivity contribution in [1.82, 2.24) is 0 Å². The van der Waals surface area contributed by atoms with Crippen LogP contribution in [0.2, 0.25) is 0 Å². The highest BCUT2D eigenvalue weighted by Gasteiger charge is 2.24. The van der Waals surface area contributed by atoms with Gasteiger partial charge in [0, 0.05) is 12.8 Å². The Hall–Kier alpha value is -1.06. The van der Waals surface area contributed by atoms with E-state index in [9.17, 15) is 9.59 Å². The lowest BCUT2D eigenvalue weighted by Crippen LogP contribution is -2.25. The third-order valence-corrected chi connectivity index (χ3v) is 5.82. The van der Waals surface area contributed by atoms with E-state index in [1.807, 2.05) is 0 Å². The molecule has 0 aromatic carbocycles. The second-order valence-corrected chi connectivity index (χ2v) is 8.59. The van der Waals surface area contributed by atoms with Gasteiger partial charge in [-0.2, -0.15) is 0 Å². The molecule has 0 saturated heterocycles. The number of rotatable bonds is 16. The van der Waals surface area contributed by atoms with E-state index in [2.05, 4.69) is 13.8 Å². The normalized spacial score (nSPS) is 19.4. The van der Waals surface area contributed by atoms with E-state index in [-0.39, 0.29) is 11.9 Å². The van der Waals surface area contributed by atoms with Gasteiger partial charge in [0.1, 0.15) is 0 Å². The van der Waals surface area contributed by atoms with Gasteiger partial charge in [0.05, 0.1) is 13.2 Å². The first-order valence-electron chi connectivity index (χ1n) is 12.0. The smallest absolute Gasteiger partial charge is 0.305 e. The standard InChI is InChI=1S/C24H44O4/c1-3-5-7-9-11-16-23(25)27-19-21-14-13-15-22(18-21)20-28-24(26)17-12-10-8-6-4-2/h21-22H,3-20H2,1-2H3. The van der Waals surface area contributed by atoms with Gasteiger partial charge in [0.25, 0.3) is 0 Å². The average molecular weight is 397 g/mol. The van der Waals surface area contributed by atoms with Crippen molar-refractivity contribution < 1.29 is 19.1 Å². The van der Waals surface area contributed by atoms with Crippen LogP contribution < -0.4 is 0 Å². The molecule has 1 rings (SSSR count). The van der Waals surface area contributed by atoms with Gasteiger partial charge in [0.15, 0.2) is 0 Å². The molecule has 0 N–H and O–H groups in total. The molecule has 0 spiro atoms. The first-order valence-corrected chi connectivity index (χ1v) is 12.0. The zero-order chi connectivity index (χ0) is 20.5. The summed E-state index contributed by atoms with van der Waals surface area (Å²) < 4.78 is 11.0. The highest BCUT2D eigenvalue weighted by molar-refractivity contribution is 5.69. The Bertz CT molecular complexity index is 371. The highest BCUT2D eigenvalue weighted by atomic mass is 16.5. The minimum Gasteiger partial charge on any atom is -0.465 e. The Morgan fingerprint density at radius 3 is 1.54 bits per heavy atom. The zero-order valence-electron chi connectivity index (χ0n) is 18.5. The van der Waals surface area contributed by atoms with Crippen LogP contribution in [-0.2, 0) is 19.1 Å². The summed E-state index contributed by atoms with van der Waals surface area (Å²) in [5, 5.41) is 0. The molecule has 0 radical (unpaired) electrons. The molecule has 164 valence electrons. The Morgan fingerprint density at radius 1 is 0.679 bits per heavy atom. The number of hydrogen-bond donors (Lipinski definition) is 0. The second kappa shape index (κ2) is 16.9. The molecule has 1 aliphatic carbocycles. The van der Waals surface area contributed by atoms with Gasteiger partial charge in [-0.15, -0.1) is 0 Å². The van der Waals surface area contributed by atoms with Crippen molar-refractivity contribution in [3.05, 3.63) is 0 Å². The van der Waals surface area contributed by atoms with Crippen LogP contribution in [0.5, 0.6) is 0 Å². The molecule has 0 aliphatic heterocycles. The van der Waals surface area contributed by atoms with Crippen molar-refractivity contribution in [3.63, 3.8) is 0 Å². The van der Waals surface area contributed by atoms with Crippen molar-refractivity contribution in [2.24, 2.45) is 11.8 Å². The summed E-state index contributed by atoms with van der Waals surface area (Å²) in [5.74, 6) is 0.757. The largest absolute Gasteiger partial charge is 0.465 e. The average Bonchev–Trinajstić information content (AvgIpc) is 2.71. The monoisotopic (exact) mass is 396 g/mol. The molecular formula is C24H44O4. The van der Waals surface area contributed by atoms with Crippen LogP contribution >= 0.6 is 0 Å². The molecule has 0 aromatic heterocycles. The summed E-state index contributed by atoms with van der Waals surface area (Å²) in [6.45, 7) is 5.47. The van der Waals surface area contributed by atoms with Crippen molar-refractivity contribution >= 4 is 11.9 Å². The summed E-state index contributed by atoms with van der Waals surface area (Å²) in [6.07, 6.45) is 17.0. The van der Waals surface area contributed by atoms with E-state index in [0.717, 1.165) is 51.4 Å². The molecular weight excluding hydrogens is 352 g/mol. The lowest BCUT2D eigenvalue weighted by Gasteiger charge is -2.28. The summed E-state index contributed by atoms with van der Waals surface area (Å²) in [4.78, 5) is 23.8. The number of unbranched alkanes of at least 4 members (excludes halogenated alkanes) is 8. The maximum atomic E-state index is 11.9. The van der Waals surface area contributed by atoms with Crippen LogP contribution in [0.1, 0.15) is 117 Å². The lowest BCUT2D eigenvalue weighted by molar-refractivity contribution is -0.146. The van der Waals surface area contributed by atoms with Crippen LogP contribution in [0.3, 0.4) is 0 Å². The maximum absolute atomic E-state index is 11.9. The van der Waals surface area contributed by atoms with Crippen LogP contribution in [0, 0.1) is 11.8 Å². The zero-order valence-corrected chi connectivity index (χ0v) is 18.5. The molecule has 0 bridgehead atoms. The fraction of sp³-hybridized carbons (Fsp3) is 0.917. The Balaban J connectivity index is 2.08. The molecule has 0 amide bonds. The molecule has 2 unspecified atom stereocenters. The first-order chi connectivity index (χ1) is 13.7. The number of carbonyl (C=O) groups excluding carboxylic acids is 2. The number of carbonyl (C=O) groups is 2. The third-order valence-electron chi connectivity index (χ3n) is 5.82. The number of hydrogen-bond acceptors (Lipinski definition) is 4. The molecule has 1 fully saturated rings. The fourth-order valence-electron chi connectivity index (χ4n) is 4.02. The second-order valence-electron chi connectivity index (χ2n) is 8.59. The number of ether oxygens (including phenoxy) is 2. The van der Waals surface area contributed by atoms with Crippen LogP contribution in [-0.4, -0.2) is 25.2 Å². The Morgan fingerprint density at radius 2 is 1.11 bits per heavy atom. The van der Waals surface area contributed by atoms with Gasteiger partial charge >= 0.3 is 11.9 Å². The summed E-state index contributed by atoms with van der Waals surface area (Å²) in [5.41, 5.74) is 0. The summed E-state index contributed by atoms with van der Waals surface area (Å²) in [6, 6.07) is 0. The van der Waals surface area contributed by atoms with Gasteiger partial charge < -0.3 is 9.47 Å². The van der Waals surface area contributed by atoms with E-state index in [1.54, 1.807) is 0 Å². The predicted molar refractivity (Wildman–Crippen MR) is 114 cm³/mol. The molecule has 1 aliphatic rings. The van der Waals surface area contributed by atoms with Gasteiger partial charge in [-0.05, 0) is 43.9 Å². The quantitative estimate of drug-likeness (QED) is 0.218.